The summed E-state index contributed by atoms with van der Waals surface area (Å²) >= 11 is 0. The van der Waals surface area contributed by atoms with Gasteiger partial charge < -0.3 is 19.7 Å². The number of aryl methyl sites for hydroxylation is 1. The van der Waals surface area contributed by atoms with Crippen LogP contribution in [-0.2, 0) is 6.42 Å². The van der Waals surface area contributed by atoms with Gasteiger partial charge in [0.1, 0.15) is 18.5 Å². The molecule has 0 aliphatic carbocycles. The lowest BCUT2D eigenvalue weighted by Gasteiger charge is -2.23. The van der Waals surface area contributed by atoms with Gasteiger partial charge in [-0.05, 0) is 45.4 Å². The summed E-state index contributed by atoms with van der Waals surface area (Å²) in [6, 6.07) is 9.63. The average molecular weight is 344 g/mol. The number of hydrogen-bond donors (Lipinski definition) is 2. The molecule has 0 fully saturated rings. The minimum absolute atomic E-state index is 0.0317. The Balaban J connectivity index is 1.95. The van der Waals surface area contributed by atoms with Gasteiger partial charge in [0.15, 0.2) is 5.76 Å². The number of aromatic nitrogens is 1. The lowest BCUT2D eigenvalue weighted by atomic mass is 10.1. The Morgan fingerprint density at radius 3 is 2.72 bits per heavy atom. The van der Waals surface area contributed by atoms with Crippen LogP contribution >= 0.6 is 0 Å². The number of para-hydroxylation sites is 1. The first-order valence-electron chi connectivity index (χ1n) is 8.66. The van der Waals surface area contributed by atoms with E-state index >= 15 is 0 Å². The zero-order valence-electron chi connectivity index (χ0n) is 15.5. The molecular weight excluding hydrogens is 316 g/mol. The van der Waals surface area contributed by atoms with E-state index in [4.69, 9.17) is 9.26 Å². The molecule has 1 aromatic heterocycles. The molecule has 5 heteroatoms. The van der Waals surface area contributed by atoms with Gasteiger partial charge >= 0.3 is 0 Å². The van der Waals surface area contributed by atoms with Gasteiger partial charge in [0.2, 0.25) is 0 Å². The van der Waals surface area contributed by atoms with Crippen LogP contribution in [0.15, 0.2) is 34.9 Å². The number of benzene rings is 1. The highest BCUT2D eigenvalue weighted by molar-refractivity contribution is 5.70. The molecule has 1 heterocycles. The number of aliphatic hydroxyl groups excluding tert-OH is 1. The van der Waals surface area contributed by atoms with Crippen molar-refractivity contribution < 1.29 is 14.4 Å². The van der Waals surface area contributed by atoms with Gasteiger partial charge in [-0.15, -0.1) is 0 Å². The van der Waals surface area contributed by atoms with Crippen LogP contribution in [0.2, 0.25) is 0 Å². The van der Waals surface area contributed by atoms with E-state index in [0.717, 1.165) is 23.4 Å². The summed E-state index contributed by atoms with van der Waals surface area (Å²) in [5, 5.41) is 17.3. The number of aliphatic hydroxyl groups is 1. The molecule has 1 unspecified atom stereocenters. The third kappa shape index (κ3) is 6.72. The van der Waals surface area contributed by atoms with Crippen molar-refractivity contribution in [3.05, 3.63) is 47.3 Å². The quantitative estimate of drug-likeness (QED) is 0.767. The number of hydrogen-bond acceptors (Lipinski definition) is 5. The second-order valence-corrected chi connectivity index (χ2v) is 7.04. The lowest BCUT2D eigenvalue weighted by molar-refractivity contribution is 0.0999. The number of nitrogens with zero attached hydrogens (tertiary/aromatic N) is 1. The SMILES string of the molecule is CCc1cc(/C=C\c2ccccc2OCC(O)CNC(C)(C)C)on1. The maximum atomic E-state index is 10.1. The molecule has 136 valence electrons. The van der Waals surface area contributed by atoms with Crippen LogP contribution in [0.5, 0.6) is 5.75 Å². The predicted molar refractivity (Wildman–Crippen MR) is 101 cm³/mol. The van der Waals surface area contributed by atoms with Crippen LogP contribution in [0.1, 0.15) is 44.7 Å². The lowest BCUT2D eigenvalue weighted by Crippen LogP contribution is -2.42. The number of nitrogens with one attached hydrogen (secondary N) is 1. The number of β-amino-alcohol motifs (C(OH)–C–C–N with tert-alkyl or cyclic N) is 1. The predicted octanol–water partition coefficient (Wildman–Crippen LogP) is 3.54. The second kappa shape index (κ2) is 8.83. The van der Waals surface area contributed by atoms with Gasteiger partial charge in [0.25, 0.3) is 0 Å². The second-order valence-electron chi connectivity index (χ2n) is 7.04. The minimum Gasteiger partial charge on any atom is -0.490 e. The number of rotatable bonds is 8. The molecule has 2 rings (SSSR count). The summed E-state index contributed by atoms with van der Waals surface area (Å²) in [7, 11) is 0. The van der Waals surface area contributed by atoms with Crippen LogP contribution in [0.25, 0.3) is 12.2 Å². The summed E-state index contributed by atoms with van der Waals surface area (Å²) in [6.45, 7) is 8.94. The van der Waals surface area contributed by atoms with E-state index in [1.54, 1.807) is 0 Å². The molecule has 25 heavy (non-hydrogen) atoms. The van der Waals surface area contributed by atoms with Crippen molar-refractivity contribution in [2.75, 3.05) is 13.2 Å². The van der Waals surface area contributed by atoms with Crippen molar-refractivity contribution in [1.82, 2.24) is 10.5 Å². The smallest absolute Gasteiger partial charge is 0.159 e. The Morgan fingerprint density at radius 1 is 1.28 bits per heavy atom. The van der Waals surface area contributed by atoms with E-state index in [-0.39, 0.29) is 12.1 Å². The molecule has 2 N–H and O–H groups in total. The fourth-order valence-corrected chi connectivity index (χ4v) is 2.16. The van der Waals surface area contributed by atoms with Gasteiger partial charge in [-0.1, -0.05) is 30.3 Å². The molecule has 0 radical (unpaired) electrons. The van der Waals surface area contributed by atoms with E-state index in [2.05, 4.69) is 31.2 Å². The van der Waals surface area contributed by atoms with Crippen LogP contribution < -0.4 is 10.1 Å². The monoisotopic (exact) mass is 344 g/mol. The molecule has 0 amide bonds. The van der Waals surface area contributed by atoms with Crippen LogP contribution in [0, 0.1) is 0 Å². The normalized spacial score (nSPS) is 13.3. The number of ether oxygens (including phenoxy) is 1. The molecule has 1 aromatic carbocycles. The summed E-state index contributed by atoms with van der Waals surface area (Å²) < 4.78 is 11.0. The molecular formula is C20H28N2O3. The Morgan fingerprint density at radius 2 is 2.04 bits per heavy atom. The van der Waals surface area contributed by atoms with Crippen molar-refractivity contribution in [2.24, 2.45) is 0 Å². The van der Waals surface area contributed by atoms with Gasteiger partial charge in [-0.25, -0.2) is 0 Å². The molecule has 5 nitrogen and oxygen atoms in total. The Hall–Kier alpha value is -2.11. The topological polar surface area (TPSA) is 67.5 Å². The molecule has 0 aliphatic rings. The molecule has 2 aromatic rings. The molecule has 0 bridgehead atoms. The highest BCUT2D eigenvalue weighted by Gasteiger charge is 2.13. The molecule has 0 spiro atoms. The van der Waals surface area contributed by atoms with Crippen molar-refractivity contribution in [3.63, 3.8) is 0 Å². The van der Waals surface area contributed by atoms with E-state index in [1.165, 1.54) is 0 Å². The maximum Gasteiger partial charge on any atom is 0.159 e. The fourth-order valence-electron chi connectivity index (χ4n) is 2.16. The Kier molecular flexibility index (Phi) is 6.79. The Labute approximate surface area is 149 Å². The summed E-state index contributed by atoms with van der Waals surface area (Å²) in [5.74, 6) is 1.44. The summed E-state index contributed by atoms with van der Waals surface area (Å²) in [4.78, 5) is 0. The average Bonchev–Trinajstić information content (AvgIpc) is 3.04. The first-order chi connectivity index (χ1) is 11.9. The zero-order chi connectivity index (χ0) is 18.3. The van der Waals surface area contributed by atoms with E-state index in [9.17, 15) is 5.11 Å². The minimum atomic E-state index is -0.572. The fraction of sp³-hybridized carbons (Fsp3) is 0.450. The van der Waals surface area contributed by atoms with Crippen LogP contribution in [0.3, 0.4) is 0 Å². The first kappa shape index (κ1) is 19.2. The zero-order valence-corrected chi connectivity index (χ0v) is 15.5. The largest absolute Gasteiger partial charge is 0.490 e. The van der Waals surface area contributed by atoms with Gasteiger partial charge in [-0.2, -0.15) is 0 Å². The molecule has 0 aliphatic heterocycles. The van der Waals surface area contributed by atoms with Crippen molar-refractivity contribution in [1.29, 1.82) is 0 Å². The summed E-state index contributed by atoms with van der Waals surface area (Å²) in [5.41, 5.74) is 1.82. The van der Waals surface area contributed by atoms with Crippen molar-refractivity contribution in [3.8, 4) is 5.75 Å². The molecule has 0 saturated carbocycles. The third-order valence-electron chi connectivity index (χ3n) is 3.58. The van der Waals surface area contributed by atoms with Gasteiger partial charge in [-0.3, -0.25) is 0 Å². The summed E-state index contributed by atoms with van der Waals surface area (Å²) in [6.07, 6.45) is 4.07. The highest BCUT2D eigenvalue weighted by Crippen LogP contribution is 2.21. The maximum absolute atomic E-state index is 10.1. The first-order valence-corrected chi connectivity index (χ1v) is 8.66. The van der Waals surface area contributed by atoms with E-state index in [1.807, 2.05) is 49.4 Å². The van der Waals surface area contributed by atoms with Gasteiger partial charge in [0, 0.05) is 23.7 Å². The van der Waals surface area contributed by atoms with Crippen molar-refractivity contribution in [2.45, 2.75) is 45.8 Å². The third-order valence-corrected chi connectivity index (χ3v) is 3.58. The van der Waals surface area contributed by atoms with Crippen molar-refractivity contribution >= 4 is 12.2 Å². The molecule has 1 atom stereocenters. The standard InChI is InChI=1S/C20H28N2O3/c1-5-16-12-18(25-22-16)11-10-15-8-6-7-9-19(15)24-14-17(23)13-21-20(2,3)4/h6-12,17,21,23H,5,13-14H2,1-4H3/b11-10-. The van der Waals surface area contributed by atoms with Crippen LogP contribution in [0.4, 0.5) is 0 Å². The molecule has 0 saturated heterocycles. The van der Waals surface area contributed by atoms with E-state index in [0.29, 0.717) is 12.3 Å². The highest BCUT2D eigenvalue weighted by atomic mass is 16.5. The Bertz CT molecular complexity index is 686. The van der Waals surface area contributed by atoms with E-state index < -0.39 is 6.10 Å². The van der Waals surface area contributed by atoms with Gasteiger partial charge in [0.05, 0.1) is 5.69 Å². The van der Waals surface area contributed by atoms with Crippen LogP contribution in [-0.4, -0.2) is 35.1 Å².